The van der Waals surface area contributed by atoms with Gasteiger partial charge in [-0.3, -0.25) is 4.90 Å². The van der Waals surface area contributed by atoms with Crippen LogP contribution >= 0.6 is 0 Å². The lowest BCUT2D eigenvalue weighted by molar-refractivity contribution is -0.237. The van der Waals surface area contributed by atoms with Gasteiger partial charge in [-0.15, -0.1) is 0 Å². The maximum Gasteiger partial charge on any atom is 0.260 e. The maximum absolute atomic E-state index is 14.1. The number of nitrogens with zero attached hydrogens (tertiary/aromatic N) is 4. The fourth-order valence-corrected chi connectivity index (χ4v) is 4.54. The molecule has 4 rings (SSSR count). The quantitative estimate of drug-likeness (QED) is 0.612. The number of nitrogens with two attached hydrogens (primary N) is 1. The number of alkyl halides is 2. The standard InChI is InChI=1S/C21H31F2N5O4/c1-20(2,30-3)32-16-8-14(9-27-11-21(22,23)6-4-13(27)10-29)31-19(16)28-7-5-15-17(24)25-12-26-18(15)28/h5,7,12-14,16,19,29H,4,6,8-11H2,1-3H3,(H2,24,25,26)/t13?,14-,16+,19+/m0/s1. The van der Waals surface area contributed by atoms with E-state index in [1.165, 1.54) is 6.33 Å². The summed E-state index contributed by atoms with van der Waals surface area (Å²) in [7, 11) is 1.56. The van der Waals surface area contributed by atoms with Crippen molar-refractivity contribution in [2.45, 2.75) is 69.3 Å². The summed E-state index contributed by atoms with van der Waals surface area (Å²) in [5, 5.41) is 10.4. The Morgan fingerprint density at radius 3 is 2.88 bits per heavy atom. The normalized spacial score (nSPS) is 29.1. The van der Waals surface area contributed by atoms with Gasteiger partial charge in [0.25, 0.3) is 5.92 Å². The van der Waals surface area contributed by atoms with Crippen LogP contribution in [0.25, 0.3) is 11.0 Å². The van der Waals surface area contributed by atoms with Crippen LogP contribution < -0.4 is 5.73 Å². The summed E-state index contributed by atoms with van der Waals surface area (Å²) in [6, 6.07) is 1.50. The van der Waals surface area contributed by atoms with Crippen molar-refractivity contribution in [2.24, 2.45) is 0 Å². The molecule has 0 amide bonds. The molecule has 2 aromatic rings. The summed E-state index contributed by atoms with van der Waals surface area (Å²) in [6.07, 6.45) is 2.34. The third kappa shape index (κ3) is 4.72. The zero-order valence-electron chi connectivity index (χ0n) is 18.6. The number of piperidine rings is 1. The number of hydrogen-bond acceptors (Lipinski definition) is 8. The fourth-order valence-electron chi connectivity index (χ4n) is 4.54. The van der Waals surface area contributed by atoms with E-state index in [1.54, 1.807) is 25.9 Å². The number of aliphatic hydroxyl groups is 1. The van der Waals surface area contributed by atoms with E-state index in [0.29, 0.717) is 23.3 Å². The molecule has 2 aliphatic rings. The minimum atomic E-state index is -2.78. The highest BCUT2D eigenvalue weighted by atomic mass is 19.3. The van der Waals surface area contributed by atoms with E-state index >= 15 is 0 Å². The summed E-state index contributed by atoms with van der Waals surface area (Å²) in [6.45, 7) is 3.31. The van der Waals surface area contributed by atoms with Crippen molar-refractivity contribution < 1.29 is 28.1 Å². The molecule has 2 saturated heterocycles. The van der Waals surface area contributed by atoms with Gasteiger partial charge >= 0.3 is 0 Å². The SMILES string of the molecule is COC(C)(C)O[C@@H]1C[C@@H](CN2CC(F)(F)CCC2CO)O[C@H]1n1ccc2c(N)ncnc21. The number of likely N-dealkylation sites (tertiary alicyclic amines) is 1. The topological polar surface area (TPSA) is 108 Å². The van der Waals surface area contributed by atoms with Gasteiger partial charge < -0.3 is 29.6 Å². The van der Waals surface area contributed by atoms with Crippen LogP contribution in [-0.2, 0) is 14.2 Å². The molecule has 0 saturated carbocycles. The van der Waals surface area contributed by atoms with Crippen LogP contribution in [0.3, 0.4) is 0 Å². The van der Waals surface area contributed by atoms with Gasteiger partial charge in [0.05, 0.1) is 24.6 Å². The largest absolute Gasteiger partial charge is 0.395 e. The number of rotatable bonds is 7. The molecule has 0 radical (unpaired) electrons. The summed E-state index contributed by atoms with van der Waals surface area (Å²) in [5.41, 5.74) is 6.58. The number of nitrogen functional groups attached to an aromatic ring is 1. The summed E-state index contributed by atoms with van der Waals surface area (Å²) in [5.74, 6) is -3.29. The smallest absolute Gasteiger partial charge is 0.260 e. The van der Waals surface area contributed by atoms with E-state index in [-0.39, 0.29) is 38.1 Å². The van der Waals surface area contributed by atoms with Gasteiger partial charge in [-0.25, -0.2) is 18.7 Å². The lowest BCUT2D eigenvalue weighted by Gasteiger charge is -2.39. The van der Waals surface area contributed by atoms with Gasteiger partial charge in [0, 0.05) is 38.7 Å². The minimum Gasteiger partial charge on any atom is -0.395 e. The first kappa shape index (κ1) is 23.2. The molecule has 0 aromatic carbocycles. The first-order valence-electron chi connectivity index (χ1n) is 10.8. The Kier molecular flexibility index (Phi) is 6.38. The lowest BCUT2D eigenvalue weighted by atomic mass is 9.99. The second kappa shape index (κ2) is 8.79. The van der Waals surface area contributed by atoms with Gasteiger partial charge in [0.15, 0.2) is 12.0 Å². The number of fused-ring (bicyclic) bond motifs is 1. The van der Waals surface area contributed by atoms with E-state index in [4.69, 9.17) is 19.9 Å². The molecule has 32 heavy (non-hydrogen) atoms. The van der Waals surface area contributed by atoms with E-state index in [9.17, 15) is 13.9 Å². The molecule has 0 spiro atoms. The highest BCUT2D eigenvalue weighted by molar-refractivity contribution is 5.86. The molecule has 4 atom stereocenters. The van der Waals surface area contributed by atoms with Gasteiger partial charge in [0.1, 0.15) is 23.9 Å². The van der Waals surface area contributed by atoms with Crippen LogP contribution in [0.1, 0.15) is 39.3 Å². The van der Waals surface area contributed by atoms with Gasteiger partial charge in [0.2, 0.25) is 0 Å². The number of ether oxygens (including phenoxy) is 3. The number of aromatic nitrogens is 3. The summed E-state index contributed by atoms with van der Waals surface area (Å²) >= 11 is 0. The molecule has 2 aromatic heterocycles. The van der Waals surface area contributed by atoms with Gasteiger partial charge in [-0.1, -0.05) is 0 Å². The van der Waals surface area contributed by atoms with Crippen molar-refractivity contribution in [3.8, 4) is 0 Å². The average Bonchev–Trinajstić information content (AvgIpc) is 3.32. The Bertz CT molecular complexity index is 940. The molecule has 2 fully saturated rings. The maximum atomic E-state index is 14.1. The molecule has 3 N–H and O–H groups in total. The van der Waals surface area contributed by atoms with E-state index < -0.39 is 30.6 Å². The molecule has 0 aliphatic carbocycles. The van der Waals surface area contributed by atoms with Crippen molar-refractivity contribution in [3.63, 3.8) is 0 Å². The molecule has 11 heteroatoms. The summed E-state index contributed by atoms with van der Waals surface area (Å²) in [4.78, 5) is 10.00. The van der Waals surface area contributed by atoms with Crippen LogP contribution in [0.4, 0.5) is 14.6 Å². The first-order valence-corrected chi connectivity index (χ1v) is 10.8. The molecule has 178 valence electrons. The predicted octanol–water partition coefficient (Wildman–Crippen LogP) is 2.16. The number of halogens is 2. The summed E-state index contributed by atoms with van der Waals surface area (Å²) < 4.78 is 47.9. The molecule has 1 unspecified atom stereocenters. The molecular formula is C21H31F2N5O4. The fraction of sp³-hybridized carbons (Fsp3) is 0.714. The zero-order chi connectivity index (χ0) is 23.1. The highest BCUT2D eigenvalue weighted by Gasteiger charge is 2.45. The number of aliphatic hydroxyl groups excluding tert-OH is 1. The Labute approximate surface area is 185 Å². The minimum absolute atomic E-state index is 0.165. The Morgan fingerprint density at radius 2 is 2.16 bits per heavy atom. The second-order valence-corrected chi connectivity index (χ2v) is 9.02. The lowest BCUT2D eigenvalue weighted by Crippen LogP contribution is -2.52. The number of methoxy groups -OCH3 is 1. The molecule has 9 nitrogen and oxygen atoms in total. The third-order valence-corrected chi connectivity index (χ3v) is 6.33. The van der Waals surface area contributed by atoms with Gasteiger partial charge in [-0.05, 0) is 26.3 Å². The highest BCUT2D eigenvalue weighted by Crippen LogP contribution is 2.38. The van der Waals surface area contributed by atoms with Gasteiger partial charge in [-0.2, -0.15) is 0 Å². The number of anilines is 1. The molecule has 2 aliphatic heterocycles. The van der Waals surface area contributed by atoms with Crippen molar-refractivity contribution in [3.05, 3.63) is 18.6 Å². The predicted molar refractivity (Wildman–Crippen MR) is 113 cm³/mol. The molecular weight excluding hydrogens is 424 g/mol. The van der Waals surface area contributed by atoms with Crippen LogP contribution in [0, 0.1) is 0 Å². The van der Waals surface area contributed by atoms with Crippen LogP contribution in [-0.4, -0.2) is 81.3 Å². The van der Waals surface area contributed by atoms with Crippen LogP contribution in [0.2, 0.25) is 0 Å². The van der Waals surface area contributed by atoms with Crippen LogP contribution in [0.15, 0.2) is 18.6 Å². The Balaban J connectivity index is 1.59. The van der Waals surface area contributed by atoms with Crippen molar-refractivity contribution in [2.75, 3.05) is 32.5 Å². The Morgan fingerprint density at radius 1 is 1.38 bits per heavy atom. The van der Waals surface area contributed by atoms with Crippen molar-refractivity contribution in [1.29, 1.82) is 0 Å². The van der Waals surface area contributed by atoms with Crippen LogP contribution in [0.5, 0.6) is 0 Å². The number of hydrogen-bond donors (Lipinski definition) is 2. The van der Waals surface area contributed by atoms with Crippen molar-refractivity contribution >= 4 is 16.9 Å². The van der Waals surface area contributed by atoms with Crippen molar-refractivity contribution in [1.82, 2.24) is 19.4 Å². The molecule has 0 bridgehead atoms. The third-order valence-electron chi connectivity index (χ3n) is 6.33. The van der Waals surface area contributed by atoms with E-state index in [2.05, 4.69) is 9.97 Å². The van der Waals surface area contributed by atoms with E-state index in [1.807, 2.05) is 16.8 Å². The monoisotopic (exact) mass is 455 g/mol. The second-order valence-electron chi connectivity index (χ2n) is 9.02. The average molecular weight is 456 g/mol. The zero-order valence-corrected chi connectivity index (χ0v) is 18.6. The Hall–Kier alpha value is -1.92. The molecule has 4 heterocycles. The van der Waals surface area contributed by atoms with E-state index in [0.717, 1.165) is 0 Å². The first-order chi connectivity index (χ1) is 15.1.